The molecule has 138 valence electrons. The van der Waals surface area contributed by atoms with Crippen molar-refractivity contribution in [1.29, 1.82) is 0 Å². The van der Waals surface area contributed by atoms with Gasteiger partial charge < -0.3 is 14.7 Å². The van der Waals surface area contributed by atoms with Gasteiger partial charge >= 0.3 is 5.97 Å². The molecule has 26 heavy (non-hydrogen) atoms. The van der Waals surface area contributed by atoms with Crippen molar-refractivity contribution in [3.8, 4) is 5.75 Å². The van der Waals surface area contributed by atoms with Gasteiger partial charge in [-0.2, -0.15) is 0 Å². The van der Waals surface area contributed by atoms with Crippen molar-refractivity contribution in [3.05, 3.63) is 51.2 Å². The molecule has 2 aromatic rings. The van der Waals surface area contributed by atoms with Crippen LogP contribution in [-0.2, 0) is 4.79 Å². The topological polar surface area (TPSA) is 70.1 Å². The fourth-order valence-corrected chi connectivity index (χ4v) is 4.02. The summed E-state index contributed by atoms with van der Waals surface area (Å²) in [6.07, 6.45) is 0. The monoisotopic (exact) mass is 394 g/mol. The van der Waals surface area contributed by atoms with Gasteiger partial charge in [-0.05, 0) is 29.6 Å². The number of carbonyl (C=O) groups is 2. The Morgan fingerprint density at radius 3 is 2.54 bits per heavy atom. The number of ether oxygens (including phenoxy) is 1. The van der Waals surface area contributed by atoms with Gasteiger partial charge in [0.1, 0.15) is 11.8 Å². The third-order valence-corrected chi connectivity index (χ3v) is 5.51. The van der Waals surface area contributed by atoms with Gasteiger partial charge in [0.2, 0.25) is 0 Å². The quantitative estimate of drug-likeness (QED) is 0.844. The lowest BCUT2D eigenvalue weighted by atomic mass is 10.0. The average molecular weight is 395 g/mol. The lowest BCUT2D eigenvalue weighted by Gasteiger charge is -2.38. The summed E-state index contributed by atoms with van der Waals surface area (Å²) in [5, 5.41) is 12.1. The molecular weight excluding hydrogens is 376 g/mol. The predicted octanol–water partition coefficient (Wildman–Crippen LogP) is 2.99. The van der Waals surface area contributed by atoms with E-state index in [2.05, 4.69) is 0 Å². The number of piperazine rings is 1. The summed E-state index contributed by atoms with van der Waals surface area (Å²) in [5.41, 5.74) is 0.519. The van der Waals surface area contributed by atoms with Gasteiger partial charge in [0.15, 0.2) is 0 Å². The van der Waals surface area contributed by atoms with Crippen molar-refractivity contribution in [3.63, 3.8) is 0 Å². The van der Waals surface area contributed by atoms with E-state index in [1.165, 1.54) is 18.4 Å². The largest absolute Gasteiger partial charge is 0.496 e. The first-order valence-corrected chi connectivity index (χ1v) is 9.40. The number of nitrogens with zero attached hydrogens (tertiary/aromatic N) is 2. The standard InChI is InChI=1S/C18H19ClN2O4S/c1-25-14-5-4-12(19)11-13(14)16(18(23)24)20-6-8-21(9-7-20)17(22)15-3-2-10-26-15/h2-5,10-11,16H,6-9H2,1H3,(H,23,24). The normalized spacial score (nSPS) is 16.3. The molecule has 6 nitrogen and oxygen atoms in total. The first-order chi connectivity index (χ1) is 12.5. The van der Waals surface area contributed by atoms with Crippen molar-refractivity contribution in [2.45, 2.75) is 6.04 Å². The molecule has 1 aliphatic heterocycles. The molecule has 0 radical (unpaired) electrons. The summed E-state index contributed by atoms with van der Waals surface area (Å²) >= 11 is 7.47. The Bertz CT molecular complexity index is 788. The van der Waals surface area contributed by atoms with Crippen molar-refractivity contribution in [2.24, 2.45) is 0 Å². The van der Waals surface area contributed by atoms with Crippen LogP contribution in [0, 0.1) is 0 Å². The second kappa shape index (κ2) is 8.07. The van der Waals surface area contributed by atoms with Crippen LogP contribution in [0.25, 0.3) is 0 Å². The van der Waals surface area contributed by atoms with Crippen molar-refractivity contribution >= 4 is 34.8 Å². The first-order valence-electron chi connectivity index (χ1n) is 8.14. The molecule has 0 bridgehead atoms. The number of carboxylic acids is 1. The van der Waals surface area contributed by atoms with Crippen LogP contribution in [0.3, 0.4) is 0 Å². The summed E-state index contributed by atoms with van der Waals surface area (Å²) in [5.74, 6) is -0.491. The van der Waals surface area contributed by atoms with E-state index in [1.54, 1.807) is 29.2 Å². The van der Waals surface area contributed by atoms with Gasteiger partial charge in [0.25, 0.3) is 5.91 Å². The number of carbonyl (C=O) groups excluding carboxylic acids is 1. The number of carboxylic acid groups (broad SMARTS) is 1. The number of methoxy groups -OCH3 is 1. The molecule has 3 rings (SSSR count). The fraction of sp³-hybridized carbons (Fsp3) is 0.333. The molecular formula is C18H19ClN2O4S. The molecule has 1 N–H and O–H groups in total. The van der Waals surface area contributed by atoms with E-state index in [4.69, 9.17) is 16.3 Å². The molecule has 2 heterocycles. The smallest absolute Gasteiger partial charge is 0.325 e. The zero-order valence-electron chi connectivity index (χ0n) is 14.2. The highest BCUT2D eigenvalue weighted by Gasteiger charge is 2.33. The van der Waals surface area contributed by atoms with E-state index < -0.39 is 12.0 Å². The maximum Gasteiger partial charge on any atom is 0.325 e. The van der Waals surface area contributed by atoms with Gasteiger partial charge in [-0.15, -0.1) is 11.3 Å². The zero-order valence-corrected chi connectivity index (χ0v) is 15.8. The van der Waals surface area contributed by atoms with Crippen LogP contribution in [0.4, 0.5) is 0 Å². The fourth-order valence-electron chi connectivity index (χ4n) is 3.14. The maximum absolute atomic E-state index is 12.5. The highest BCUT2D eigenvalue weighted by Crippen LogP contribution is 2.33. The third kappa shape index (κ3) is 3.85. The highest BCUT2D eigenvalue weighted by atomic mass is 35.5. The van der Waals surface area contributed by atoms with Crippen molar-refractivity contribution < 1.29 is 19.4 Å². The third-order valence-electron chi connectivity index (χ3n) is 4.42. The highest BCUT2D eigenvalue weighted by molar-refractivity contribution is 7.12. The molecule has 1 saturated heterocycles. The Balaban J connectivity index is 1.76. The van der Waals surface area contributed by atoms with Gasteiger partial charge in [-0.25, -0.2) is 0 Å². The van der Waals surface area contributed by atoms with Crippen LogP contribution >= 0.6 is 22.9 Å². The zero-order chi connectivity index (χ0) is 18.7. The minimum atomic E-state index is -0.969. The maximum atomic E-state index is 12.5. The van der Waals surface area contributed by atoms with Crippen LogP contribution in [0.2, 0.25) is 5.02 Å². The molecule has 1 atom stereocenters. The van der Waals surface area contributed by atoms with E-state index in [0.29, 0.717) is 47.4 Å². The number of halogens is 1. The number of hydrogen-bond acceptors (Lipinski definition) is 5. The summed E-state index contributed by atoms with van der Waals surface area (Å²) < 4.78 is 5.32. The van der Waals surface area contributed by atoms with Crippen LogP contribution in [0.5, 0.6) is 5.75 Å². The number of benzene rings is 1. The average Bonchev–Trinajstić information content (AvgIpc) is 3.16. The molecule has 0 saturated carbocycles. The van der Waals surface area contributed by atoms with Gasteiger partial charge in [-0.1, -0.05) is 17.7 Å². The molecule has 0 spiro atoms. The Kier molecular flexibility index (Phi) is 5.80. The van der Waals surface area contributed by atoms with Crippen LogP contribution < -0.4 is 4.74 Å². The molecule has 8 heteroatoms. The number of thiophene rings is 1. The van der Waals surface area contributed by atoms with E-state index >= 15 is 0 Å². The Hall–Kier alpha value is -2.09. The number of rotatable bonds is 5. The van der Waals surface area contributed by atoms with Crippen molar-refractivity contribution in [2.75, 3.05) is 33.3 Å². The number of hydrogen-bond donors (Lipinski definition) is 1. The minimum Gasteiger partial charge on any atom is -0.496 e. The molecule has 1 amide bonds. The second-order valence-electron chi connectivity index (χ2n) is 5.93. The first kappa shape index (κ1) is 18.7. The molecule has 1 fully saturated rings. The van der Waals surface area contributed by atoms with Gasteiger partial charge in [0, 0.05) is 36.8 Å². The Morgan fingerprint density at radius 1 is 1.23 bits per heavy atom. The molecule has 1 unspecified atom stereocenters. The SMILES string of the molecule is COc1ccc(Cl)cc1C(C(=O)O)N1CCN(C(=O)c2cccs2)CC1. The van der Waals surface area contributed by atoms with Crippen LogP contribution in [-0.4, -0.2) is 60.1 Å². The lowest BCUT2D eigenvalue weighted by Crippen LogP contribution is -2.51. The van der Waals surface area contributed by atoms with E-state index in [1.807, 2.05) is 16.3 Å². The lowest BCUT2D eigenvalue weighted by molar-refractivity contribution is -0.144. The molecule has 1 aromatic carbocycles. The molecule has 1 aromatic heterocycles. The second-order valence-corrected chi connectivity index (χ2v) is 7.32. The van der Waals surface area contributed by atoms with E-state index in [0.717, 1.165) is 0 Å². The Labute approximate surface area is 160 Å². The summed E-state index contributed by atoms with van der Waals surface area (Å²) in [6, 6.07) is 7.74. The van der Waals surface area contributed by atoms with E-state index in [-0.39, 0.29) is 5.91 Å². The van der Waals surface area contributed by atoms with Crippen LogP contribution in [0.15, 0.2) is 35.7 Å². The summed E-state index contributed by atoms with van der Waals surface area (Å²) in [4.78, 5) is 28.7. The number of aliphatic carboxylic acids is 1. The predicted molar refractivity (Wildman–Crippen MR) is 100 cm³/mol. The Morgan fingerprint density at radius 2 is 1.96 bits per heavy atom. The summed E-state index contributed by atoms with van der Waals surface area (Å²) in [6.45, 7) is 1.88. The molecule has 1 aliphatic rings. The van der Waals surface area contributed by atoms with Crippen LogP contribution in [0.1, 0.15) is 21.3 Å². The van der Waals surface area contributed by atoms with E-state index in [9.17, 15) is 14.7 Å². The molecule has 0 aliphatic carbocycles. The summed E-state index contributed by atoms with van der Waals surface area (Å²) in [7, 11) is 1.50. The minimum absolute atomic E-state index is 0.00754. The van der Waals surface area contributed by atoms with Crippen molar-refractivity contribution in [1.82, 2.24) is 9.80 Å². The van der Waals surface area contributed by atoms with Gasteiger partial charge in [-0.3, -0.25) is 14.5 Å². The number of amides is 1. The van der Waals surface area contributed by atoms with Gasteiger partial charge in [0.05, 0.1) is 12.0 Å².